The van der Waals surface area contributed by atoms with Crippen LogP contribution in [0, 0.1) is 10.8 Å². The molecule has 2 aromatic rings. The van der Waals surface area contributed by atoms with Crippen LogP contribution in [-0.2, 0) is 0 Å². The van der Waals surface area contributed by atoms with Crippen LogP contribution >= 0.6 is 0 Å². The van der Waals surface area contributed by atoms with Crippen molar-refractivity contribution in [3.63, 3.8) is 0 Å². The van der Waals surface area contributed by atoms with Crippen LogP contribution in [0.4, 0.5) is 11.5 Å². The Bertz CT molecular complexity index is 964. The highest BCUT2D eigenvalue weighted by atomic mass is 16.5. The molecule has 164 valence electrons. The van der Waals surface area contributed by atoms with Crippen molar-refractivity contribution in [2.75, 3.05) is 43.9 Å². The van der Waals surface area contributed by atoms with E-state index in [4.69, 9.17) is 21.3 Å². The molecule has 2 heterocycles. The van der Waals surface area contributed by atoms with Gasteiger partial charge in [-0.05, 0) is 32.0 Å². The molecule has 0 aliphatic carbocycles. The topological polar surface area (TPSA) is 127 Å². The van der Waals surface area contributed by atoms with E-state index in [-0.39, 0.29) is 11.8 Å². The highest BCUT2D eigenvalue weighted by Gasteiger charge is 2.20. The second kappa shape index (κ2) is 9.92. The summed E-state index contributed by atoms with van der Waals surface area (Å²) in [5.74, 6) is 1.45. The fourth-order valence-electron chi connectivity index (χ4n) is 3.46. The minimum Gasteiger partial charge on any atom is -0.491 e. The predicted molar refractivity (Wildman–Crippen MR) is 124 cm³/mol. The number of piperazine rings is 1. The second-order valence-electron chi connectivity index (χ2n) is 7.53. The average Bonchev–Trinajstić information content (AvgIpc) is 2.78. The van der Waals surface area contributed by atoms with Crippen molar-refractivity contribution in [1.29, 1.82) is 10.8 Å². The maximum absolute atomic E-state index is 8.67. The van der Waals surface area contributed by atoms with Gasteiger partial charge >= 0.3 is 0 Å². The number of benzene rings is 1. The van der Waals surface area contributed by atoms with Crippen molar-refractivity contribution < 1.29 is 4.74 Å². The lowest BCUT2D eigenvalue weighted by molar-refractivity contribution is 0.242. The zero-order chi connectivity index (χ0) is 22.4. The summed E-state index contributed by atoms with van der Waals surface area (Å²) in [6, 6.07) is 7.17. The Kier molecular flexibility index (Phi) is 7.07. The number of hydrogen-bond donors (Lipinski definition) is 4. The van der Waals surface area contributed by atoms with Crippen LogP contribution in [-0.4, -0.2) is 66.1 Å². The number of nitrogen functional groups attached to an aromatic ring is 1. The minimum absolute atomic E-state index is 0.0334. The Morgan fingerprint density at radius 3 is 2.58 bits per heavy atom. The summed E-state index contributed by atoms with van der Waals surface area (Å²) in [5, 5.41) is 19.2. The van der Waals surface area contributed by atoms with Crippen LogP contribution in [0.3, 0.4) is 0 Å². The summed E-state index contributed by atoms with van der Waals surface area (Å²) in [5.41, 5.74) is 8.82. The molecule has 0 spiro atoms. The van der Waals surface area contributed by atoms with Crippen LogP contribution < -0.4 is 20.7 Å². The van der Waals surface area contributed by atoms with E-state index < -0.39 is 0 Å². The highest BCUT2D eigenvalue weighted by Crippen LogP contribution is 2.24. The van der Waals surface area contributed by atoms with Crippen molar-refractivity contribution >= 4 is 23.4 Å². The summed E-state index contributed by atoms with van der Waals surface area (Å²) in [6.07, 6.45) is 4.71. The first-order valence-electron chi connectivity index (χ1n) is 10.3. The molecule has 31 heavy (non-hydrogen) atoms. The van der Waals surface area contributed by atoms with E-state index in [9.17, 15) is 0 Å². The van der Waals surface area contributed by atoms with Gasteiger partial charge in [0.25, 0.3) is 0 Å². The summed E-state index contributed by atoms with van der Waals surface area (Å²) in [6.45, 7) is 6.99. The van der Waals surface area contributed by atoms with E-state index >= 15 is 0 Å². The van der Waals surface area contributed by atoms with Gasteiger partial charge in [0, 0.05) is 63.0 Å². The first kappa shape index (κ1) is 22.1. The second-order valence-corrected chi connectivity index (χ2v) is 7.53. The Labute approximate surface area is 183 Å². The van der Waals surface area contributed by atoms with Crippen LogP contribution in [0.1, 0.15) is 25.1 Å². The van der Waals surface area contributed by atoms with E-state index in [1.54, 1.807) is 12.1 Å². The number of ether oxygens (including phenoxy) is 1. The summed E-state index contributed by atoms with van der Waals surface area (Å²) in [7, 11) is 1.83. The standard InChI is InChI=1S/C22H30N8O/c1-15(2)31-17-4-5-19(24)18(10-17)22(25)20-11-21(28-14-27-20)30-8-6-29(7-9-30)16(12-23)13-26-3/h4-5,10-15,23,25-26H,6-9,24H2,1-3H3/b16-13+,23-12?,25-22?. The largest absolute Gasteiger partial charge is 0.491 e. The number of allylic oxidation sites excluding steroid dienone is 1. The van der Waals surface area contributed by atoms with Gasteiger partial charge in [-0.25, -0.2) is 9.97 Å². The Morgan fingerprint density at radius 2 is 1.94 bits per heavy atom. The Morgan fingerprint density at radius 1 is 1.19 bits per heavy atom. The number of nitrogens with two attached hydrogens (primary N) is 1. The molecule has 1 aromatic carbocycles. The fourth-order valence-corrected chi connectivity index (χ4v) is 3.46. The first-order chi connectivity index (χ1) is 14.9. The van der Waals surface area contributed by atoms with Crippen molar-refractivity contribution in [3.05, 3.63) is 53.7 Å². The smallest absolute Gasteiger partial charge is 0.132 e. The van der Waals surface area contributed by atoms with Crippen LogP contribution in [0.15, 0.2) is 42.5 Å². The maximum Gasteiger partial charge on any atom is 0.132 e. The number of aromatic nitrogens is 2. The zero-order valence-electron chi connectivity index (χ0n) is 18.2. The molecule has 0 saturated carbocycles. The van der Waals surface area contributed by atoms with Crippen molar-refractivity contribution in [2.24, 2.45) is 0 Å². The van der Waals surface area contributed by atoms with E-state index in [1.807, 2.05) is 39.2 Å². The molecule has 1 aliphatic heterocycles. The highest BCUT2D eigenvalue weighted by molar-refractivity contribution is 6.13. The lowest BCUT2D eigenvalue weighted by Crippen LogP contribution is -2.46. The molecule has 1 aliphatic rings. The molecular weight excluding hydrogens is 392 g/mol. The number of hydrogen-bond acceptors (Lipinski definition) is 9. The fraction of sp³-hybridized carbons (Fsp3) is 0.364. The summed E-state index contributed by atoms with van der Waals surface area (Å²) >= 11 is 0. The van der Waals surface area contributed by atoms with E-state index in [2.05, 4.69) is 25.1 Å². The summed E-state index contributed by atoms with van der Waals surface area (Å²) < 4.78 is 5.75. The molecule has 1 aromatic heterocycles. The quantitative estimate of drug-likeness (QED) is 0.379. The molecule has 1 saturated heterocycles. The first-order valence-corrected chi connectivity index (χ1v) is 10.3. The van der Waals surface area contributed by atoms with Gasteiger partial charge in [-0.15, -0.1) is 0 Å². The van der Waals surface area contributed by atoms with Crippen LogP contribution in [0.2, 0.25) is 0 Å². The van der Waals surface area contributed by atoms with Crippen molar-refractivity contribution in [3.8, 4) is 5.75 Å². The van der Waals surface area contributed by atoms with Gasteiger partial charge in [0.05, 0.1) is 23.2 Å². The number of anilines is 2. The Hall–Kier alpha value is -3.62. The Balaban J connectivity index is 1.76. The predicted octanol–water partition coefficient (Wildman–Crippen LogP) is 2.09. The van der Waals surface area contributed by atoms with Gasteiger partial charge < -0.3 is 31.0 Å². The van der Waals surface area contributed by atoms with Gasteiger partial charge in [-0.3, -0.25) is 5.41 Å². The third kappa shape index (κ3) is 5.30. The van der Waals surface area contributed by atoms with Crippen molar-refractivity contribution in [1.82, 2.24) is 20.2 Å². The van der Waals surface area contributed by atoms with Gasteiger partial charge in [0.2, 0.25) is 0 Å². The number of nitrogens with one attached hydrogen (secondary N) is 3. The van der Waals surface area contributed by atoms with Crippen LogP contribution in [0.5, 0.6) is 5.75 Å². The lowest BCUT2D eigenvalue weighted by Gasteiger charge is -2.36. The molecule has 9 heteroatoms. The molecule has 9 nitrogen and oxygen atoms in total. The van der Waals surface area contributed by atoms with Gasteiger partial charge in [-0.1, -0.05) is 0 Å². The monoisotopic (exact) mass is 422 g/mol. The zero-order valence-corrected chi connectivity index (χ0v) is 18.2. The molecular formula is C22H30N8O. The minimum atomic E-state index is 0.0334. The molecule has 5 N–H and O–H groups in total. The maximum atomic E-state index is 8.67. The lowest BCUT2D eigenvalue weighted by atomic mass is 10.0. The molecule has 0 atom stereocenters. The number of nitrogens with zero attached hydrogens (tertiary/aromatic N) is 4. The normalized spacial score (nSPS) is 14.5. The van der Waals surface area contributed by atoms with E-state index in [1.165, 1.54) is 12.5 Å². The molecule has 0 bridgehead atoms. The van der Waals surface area contributed by atoms with E-state index in [0.29, 0.717) is 22.7 Å². The van der Waals surface area contributed by atoms with Gasteiger partial charge in [-0.2, -0.15) is 0 Å². The molecule has 0 amide bonds. The van der Waals surface area contributed by atoms with Crippen molar-refractivity contribution in [2.45, 2.75) is 20.0 Å². The van der Waals surface area contributed by atoms with E-state index in [0.717, 1.165) is 37.7 Å². The number of rotatable bonds is 8. The van der Waals surface area contributed by atoms with Gasteiger partial charge in [0.15, 0.2) is 0 Å². The third-order valence-electron chi connectivity index (χ3n) is 4.98. The molecule has 3 rings (SSSR count). The SMILES string of the molecule is CN/C=C(\C=N)N1CCN(c2cc(C(=N)c3cc(OC(C)C)ccc3N)ncn2)CC1. The molecule has 0 radical (unpaired) electrons. The summed E-state index contributed by atoms with van der Waals surface area (Å²) in [4.78, 5) is 13.0. The van der Waals surface area contributed by atoms with Crippen LogP contribution in [0.25, 0.3) is 0 Å². The van der Waals surface area contributed by atoms with Gasteiger partial charge in [0.1, 0.15) is 17.9 Å². The third-order valence-corrected chi connectivity index (χ3v) is 4.98. The average molecular weight is 423 g/mol. The molecule has 0 unspecified atom stereocenters. The molecule has 1 fully saturated rings.